The van der Waals surface area contributed by atoms with Crippen LogP contribution in [0.3, 0.4) is 0 Å². The second kappa shape index (κ2) is 5.01. The van der Waals surface area contributed by atoms with Gasteiger partial charge in [0.05, 0.1) is 5.60 Å². The van der Waals surface area contributed by atoms with Gasteiger partial charge in [-0.1, -0.05) is 17.7 Å². The van der Waals surface area contributed by atoms with E-state index in [1.165, 1.54) is 16.0 Å². The molecule has 15 heavy (non-hydrogen) atoms. The molecule has 3 heteroatoms. The number of rotatable bonds is 4. The molecule has 3 N–H and O–H groups in total. The Hall–Kier alpha value is -0.510. The first kappa shape index (κ1) is 12.6. The molecule has 0 bridgehead atoms. The molecule has 0 radical (unpaired) electrons. The van der Waals surface area contributed by atoms with Crippen LogP contribution in [0.5, 0.6) is 0 Å². The molecule has 1 rings (SSSR count). The summed E-state index contributed by atoms with van der Waals surface area (Å²) in [4.78, 5) is 1.23. The van der Waals surface area contributed by atoms with Gasteiger partial charge in [-0.3, -0.25) is 0 Å². The second-order valence-corrected chi connectivity index (χ2v) is 5.28. The van der Waals surface area contributed by atoms with E-state index in [-0.39, 0.29) is 0 Å². The Labute approximate surface area is 95.9 Å². The Morgan fingerprint density at radius 3 is 2.67 bits per heavy atom. The van der Waals surface area contributed by atoms with E-state index in [0.29, 0.717) is 12.3 Å². The molecular formula is C12H19NOS. The van der Waals surface area contributed by atoms with Gasteiger partial charge < -0.3 is 10.8 Å². The summed E-state index contributed by atoms with van der Waals surface area (Å²) in [6.07, 6.45) is 0. The molecule has 1 aromatic rings. The minimum atomic E-state index is -0.777. The van der Waals surface area contributed by atoms with Gasteiger partial charge in [0.15, 0.2) is 0 Å². The molecule has 0 aromatic heterocycles. The fraction of sp³-hybridized carbons (Fsp3) is 0.500. The summed E-state index contributed by atoms with van der Waals surface area (Å²) in [6.45, 7) is 6.22. The topological polar surface area (TPSA) is 46.2 Å². The van der Waals surface area contributed by atoms with Crippen LogP contribution < -0.4 is 5.73 Å². The van der Waals surface area contributed by atoms with Crippen molar-refractivity contribution < 1.29 is 5.11 Å². The van der Waals surface area contributed by atoms with Gasteiger partial charge in [-0.25, -0.2) is 0 Å². The van der Waals surface area contributed by atoms with E-state index >= 15 is 0 Å². The normalized spacial score (nSPS) is 15.0. The van der Waals surface area contributed by atoms with Crippen molar-refractivity contribution in [3.63, 3.8) is 0 Å². The van der Waals surface area contributed by atoms with Gasteiger partial charge in [0.1, 0.15) is 0 Å². The second-order valence-electron chi connectivity index (χ2n) is 4.26. The minimum absolute atomic E-state index is 0.296. The number of hydrogen-bond donors (Lipinski definition) is 2. The molecule has 0 aliphatic carbocycles. The Bertz CT molecular complexity index is 336. The van der Waals surface area contributed by atoms with Crippen molar-refractivity contribution in [3.8, 4) is 0 Å². The summed E-state index contributed by atoms with van der Waals surface area (Å²) in [5, 5.41) is 9.80. The molecule has 0 aliphatic heterocycles. The summed E-state index contributed by atoms with van der Waals surface area (Å²) >= 11 is 1.66. The maximum Gasteiger partial charge on any atom is 0.0834 e. The predicted octanol–water partition coefficient (Wildman–Crippen LogP) is 2.11. The fourth-order valence-electron chi connectivity index (χ4n) is 1.15. The number of aliphatic hydroxyl groups is 1. The first-order valence-corrected chi connectivity index (χ1v) is 6.06. The van der Waals surface area contributed by atoms with Gasteiger partial charge in [-0.15, -0.1) is 11.8 Å². The van der Waals surface area contributed by atoms with Gasteiger partial charge in [-0.05, 0) is 32.4 Å². The van der Waals surface area contributed by atoms with E-state index in [9.17, 15) is 5.11 Å². The lowest BCUT2D eigenvalue weighted by atomic mass is 10.1. The van der Waals surface area contributed by atoms with Crippen LogP contribution in [0.1, 0.15) is 18.1 Å². The lowest BCUT2D eigenvalue weighted by Gasteiger charge is -2.20. The maximum absolute atomic E-state index is 9.80. The first-order chi connectivity index (χ1) is 6.94. The van der Waals surface area contributed by atoms with E-state index in [2.05, 4.69) is 32.0 Å². The lowest BCUT2D eigenvalue weighted by molar-refractivity contribution is 0.0949. The summed E-state index contributed by atoms with van der Waals surface area (Å²) < 4.78 is 0. The van der Waals surface area contributed by atoms with Crippen molar-refractivity contribution in [3.05, 3.63) is 29.3 Å². The minimum Gasteiger partial charge on any atom is -0.388 e. The van der Waals surface area contributed by atoms with Crippen molar-refractivity contribution in [1.29, 1.82) is 0 Å². The van der Waals surface area contributed by atoms with Gasteiger partial charge in [-0.2, -0.15) is 0 Å². The Morgan fingerprint density at radius 1 is 1.40 bits per heavy atom. The standard InChI is InChI=1S/C12H19NOS/c1-9-4-5-10(2)11(6-9)15-8-12(3,14)7-13/h4-6,14H,7-8,13H2,1-3H3. The zero-order valence-corrected chi connectivity index (χ0v) is 10.4. The summed E-state index contributed by atoms with van der Waals surface area (Å²) in [5.41, 5.74) is 7.19. The van der Waals surface area contributed by atoms with Gasteiger partial charge >= 0.3 is 0 Å². The van der Waals surface area contributed by atoms with Crippen LogP contribution in [0, 0.1) is 13.8 Å². The van der Waals surface area contributed by atoms with Crippen LogP contribution in [-0.4, -0.2) is 23.0 Å². The van der Waals surface area contributed by atoms with Crippen molar-refractivity contribution in [2.45, 2.75) is 31.3 Å². The van der Waals surface area contributed by atoms with Crippen LogP contribution in [-0.2, 0) is 0 Å². The average molecular weight is 225 g/mol. The SMILES string of the molecule is Cc1ccc(C)c(SCC(C)(O)CN)c1. The Kier molecular flexibility index (Phi) is 4.20. The van der Waals surface area contributed by atoms with E-state index in [4.69, 9.17) is 5.73 Å². The molecule has 0 saturated carbocycles. The zero-order chi connectivity index (χ0) is 11.5. The number of nitrogens with two attached hydrogens (primary N) is 1. The van der Waals surface area contributed by atoms with Crippen LogP contribution >= 0.6 is 11.8 Å². The molecule has 84 valence electrons. The average Bonchev–Trinajstić information content (AvgIpc) is 2.20. The molecule has 0 fully saturated rings. The smallest absolute Gasteiger partial charge is 0.0834 e. The van der Waals surface area contributed by atoms with Crippen LogP contribution in [0.4, 0.5) is 0 Å². The van der Waals surface area contributed by atoms with Gasteiger partial charge in [0.2, 0.25) is 0 Å². The highest BCUT2D eigenvalue weighted by atomic mass is 32.2. The molecule has 1 atom stereocenters. The third kappa shape index (κ3) is 3.86. The molecule has 0 amide bonds. The monoisotopic (exact) mass is 225 g/mol. The third-order valence-electron chi connectivity index (χ3n) is 2.32. The van der Waals surface area contributed by atoms with Crippen LogP contribution in [0.25, 0.3) is 0 Å². The summed E-state index contributed by atoms with van der Waals surface area (Å²) in [7, 11) is 0. The highest BCUT2D eigenvalue weighted by Crippen LogP contribution is 2.26. The number of benzene rings is 1. The predicted molar refractivity (Wildman–Crippen MR) is 66.3 cm³/mol. The third-order valence-corrected chi connectivity index (χ3v) is 3.84. The van der Waals surface area contributed by atoms with Crippen LogP contribution in [0.2, 0.25) is 0 Å². The molecule has 0 saturated heterocycles. The number of hydrogen-bond acceptors (Lipinski definition) is 3. The van der Waals surface area contributed by atoms with Gasteiger partial charge in [0.25, 0.3) is 0 Å². The molecule has 2 nitrogen and oxygen atoms in total. The molecule has 1 aromatic carbocycles. The quantitative estimate of drug-likeness (QED) is 0.771. The summed E-state index contributed by atoms with van der Waals surface area (Å²) in [6, 6.07) is 6.35. The molecule has 0 heterocycles. The molecule has 0 spiro atoms. The number of thioether (sulfide) groups is 1. The fourth-order valence-corrected chi connectivity index (χ4v) is 2.30. The number of aryl methyl sites for hydroxylation is 2. The first-order valence-electron chi connectivity index (χ1n) is 5.07. The maximum atomic E-state index is 9.80. The zero-order valence-electron chi connectivity index (χ0n) is 9.58. The molecular weight excluding hydrogens is 206 g/mol. The molecule has 0 aliphatic rings. The van der Waals surface area contributed by atoms with E-state index in [1.54, 1.807) is 18.7 Å². The van der Waals surface area contributed by atoms with Crippen molar-refractivity contribution in [2.75, 3.05) is 12.3 Å². The Morgan fingerprint density at radius 2 is 2.07 bits per heavy atom. The Balaban J connectivity index is 2.69. The largest absolute Gasteiger partial charge is 0.388 e. The lowest BCUT2D eigenvalue weighted by Crippen LogP contribution is -2.36. The van der Waals surface area contributed by atoms with Gasteiger partial charge in [0, 0.05) is 17.2 Å². The van der Waals surface area contributed by atoms with E-state index in [1.807, 2.05) is 0 Å². The van der Waals surface area contributed by atoms with E-state index in [0.717, 1.165) is 0 Å². The highest BCUT2D eigenvalue weighted by Gasteiger charge is 2.18. The van der Waals surface area contributed by atoms with E-state index < -0.39 is 5.60 Å². The van der Waals surface area contributed by atoms with Crippen molar-refractivity contribution in [1.82, 2.24) is 0 Å². The van der Waals surface area contributed by atoms with Crippen LogP contribution in [0.15, 0.2) is 23.1 Å². The molecule has 1 unspecified atom stereocenters. The van der Waals surface area contributed by atoms with Crippen molar-refractivity contribution in [2.24, 2.45) is 5.73 Å². The van der Waals surface area contributed by atoms with Crippen molar-refractivity contribution >= 4 is 11.8 Å². The summed E-state index contributed by atoms with van der Waals surface area (Å²) in [5.74, 6) is 0.633. The highest BCUT2D eigenvalue weighted by molar-refractivity contribution is 7.99.